The van der Waals surface area contributed by atoms with Crippen molar-refractivity contribution in [1.29, 1.82) is 0 Å². The molecule has 0 aromatic heterocycles. The first-order valence-corrected chi connectivity index (χ1v) is 9.42. The molecule has 0 aliphatic carbocycles. The Balaban J connectivity index is 3.27. The fraction of sp³-hybridized carbons (Fsp3) is 1.00. The molecule has 0 aromatic carbocycles. The average molecular weight is 218 g/mol. The van der Waals surface area contributed by atoms with E-state index in [2.05, 4.69) is 26.6 Å². The summed E-state index contributed by atoms with van der Waals surface area (Å²) in [4.78, 5) is 0. The van der Waals surface area contributed by atoms with Gasteiger partial charge in [0.15, 0.2) is 0 Å². The van der Waals surface area contributed by atoms with E-state index in [1.54, 1.807) is 0 Å². The molecule has 0 heterocycles. The maximum atomic E-state index is 9.50. The lowest BCUT2D eigenvalue weighted by Gasteiger charge is -2.16. The molecule has 0 unspecified atom stereocenters. The summed E-state index contributed by atoms with van der Waals surface area (Å²) in [5.41, 5.74) is 0. The van der Waals surface area contributed by atoms with Gasteiger partial charge in [0, 0.05) is 14.7 Å². The molecule has 0 aliphatic heterocycles. The van der Waals surface area contributed by atoms with Crippen molar-refractivity contribution in [3.63, 3.8) is 0 Å². The number of ether oxygens (including phenoxy) is 1. The van der Waals surface area contributed by atoms with Gasteiger partial charge in [-0.25, -0.2) is 0 Å². The summed E-state index contributed by atoms with van der Waals surface area (Å²) in [7, 11) is -0.961. The van der Waals surface area contributed by atoms with Crippen molar-refractivity contribution in [3.05, 3.63) is 0 Å². The van der Waals surface area contributed by atoms with Crippen LogP contribution in [0.15, 0.2) is 0 Å². The molecule has 2 nitrogen and oxygen atoms in total. The lowest BCUT2D eigenvalue weighted by Crippen LogP contribution is -2.23. The number of hydrogen-bond acceptors (Lipinski definition) is 2. The molecule has 0 spiro atoms. The molecule has 0 saturated heterocycles. The summed E-state index contributed by atoms with van der Waals surface area (Å²) in [6.07, 6.45) is 2.87. The van der Waals surface area contributed by atoms with Crippen LogP contribution in [-0.2, 0) is 4.74 Å². The molecule has 0 saturated carbocycles. The molecule has 0 bridgehead atoms. The molecule has 1 N–H and O–H groups in total. The number of aliphatic hydroxyl groups excluding tert-OH is 1. The zero-order valence-corrected chi connectivity index (χ0v) is 11.2. The van der Waals surface area contributed by atoms with Crippen LogP contribution >= 0.6 is 0 Å². The van der Waals surface area contributed by atoms with Gasteiger partial charge in [-0.05, 0) is 12.5 Å². The average Bonchev–Trinajstić information content (AvgIpc) is 2.07. The first-order valence-electron chi connectivity index (χ1n) is 5.71. The zero-order valence-electron chi connectivity index (χ0n) is 10.2. The predicted octanol–water partition coefficient (Wildman–Crippen LogP) is 2.89. The molecule has 1 atom stereocenters. The molecule has 0 aliphatic rings. The fourth-order valence-corrected chi connectivity index (χ4v) is 1.88. The molecule has 0 aromatic rings. The molecular formula is C11H26O2Si. The second-order valence-electron chi connectivity index (χ2n) is 5.18. The highest BCUT2D eigenvalue weighted by molar-refractivity contribution is 6.76. The van der Waals surface area contributed by atoms with Gasteiger partial charge in [0.1, 0.15) is 0 Å². The van der Waals surface area contributed by atoms with Crippen molar-refractivity contribution < 1.29 is 9.84 Å². The Kier molecular flexibility index (Phi) is 7.50. The van der Waals surface area contributed by atoms with Gasteiger partial charge in [-0.2, -0.15) is 0 Å². The van der Waals surface area contributed by atoms with E-state index in [-0.39, 0.29) is 6.10 Å². The largest absolute Gasteiger partial charge is 0.391 e. The van der Waals surface area contributed by atoms with Crippen LogP contribution in [0.2, 0.25) is 25.7 Å². The van der Waals surface area contributed by atoms with Crippen LogP contribution in [0.3, 0.4) is 0 Å². The highest BCUT2D eigenvalue weighted by Crippen LogP contribution is 2.08. The second kappa shape index (κ2) is 7.43. The number of hydrogen-bond donors (Lipinski definition) is 1. The van der Waals surface area contributed by atoms with E-state index in [4.69, 9.17) is 4.74 Å². The zero-order chi connectivity index (χ0) is 11.0. The van der Waals surface area contributed by atoms with E-state index >= 15 is 0 Å². The van der Waals surface area contributed by atoms with Gasteiger partial charge >= 0.3 is 0 Å². The SMILES string of the molecule is CCCC[C@H](O)COCC[Si](C)(C)C. The quantitative estimate of drug-likeness (QED) is 0.501. The van der Waals surface area contributed by atoms with Gasteiger partial charge in [-0.3, -0.25) is 0 Å². The smallest absolute Gasteiger partial charge is 0.0773 e. The highest BCUT2D eigenvalue weighted by atomic mass is 28.3. The normalized spacial score (nSPS) is 14.4. The minimum atomic E-state index is -0.961. The van der Waals surface area contributed by atoms with Gasteiger partial charge in [0.05, 0.1) is 12.7 Å². The lowest BCUT2D eigenvalue weighted by atomic mass is 10.2. The summed E-state index contributed by atoms with van der Waals surface area (Å²) in [5, 5.41) is 9.50. The first kappa shape index (κ1) is 14.1. The van der Waals surface area contributed by atoms with Gasteiger partial charge < -0.3 is 9.84 Å². The van der Waals surface area contributed by atoms with Crippen LogP contribution in [0.4, 0.5) is 0 Å². The van der Waals surface area contributed by atoms with Gasteiger partial charge in [0.25, 0.3) is 0 Å². The summed E-state index contributed by atoms with van der Waals surface area (Å²) >= 11 is 0. The van der Waals surface area contributed by atoms with Crippen molar-refractivity contribution in [2.45, 2.75) is 58.0 Å². The van der Waals surface area contributed by atoms with Crippen molar-refractivity contribution in [2.24, 2.45) is 0 Å². The van der Waals surface area contributed by atoms with Gasteiger partial charge in [-0.1, -0.05) is 39.4 Å². The summed E-state index contributed by atoms with van der Waals surface area (Å²) < 4.78 is 5.45. The van der Waals surface area contributed by atoms with E-state index in [0.717, 1.165) is 25.9 Å². The summed E-state index contributed by atoms with van der Waals surface area (Å²) in [6.45, 7) is 10.5. The van der Waals surface area contributed by atoms with Crippen LogP contribution in [0.25, 0.3) is 0 Å². The summed E-state index contributed by atoms with van der Waals surface area (Å²) in [5.74, 6) is 0. The Bertz CT molecular complexity index is 132. The molecule has 86 valence electrons. The van der Waals surface area contributed by atoms with Crippen LogP contribution in [-0.4, -0.2) is 32.5 Å². The Morgan fingerprint density at radius 2 is 1.93 bits per heavy atom. The monoisotopic (exact) mass is 218 g/mol. The lowest BCUT2D eigenvalue weighted by molar-refractivity contribution is 0.0368. The predicted molar refractivity (Wildman–Crippen MR) is 64.5 cm³/mol. The topological polar surface area (TPSA) is 29.5 Å². The number of rotatable bonds is 8. The molecule has 0 rings (SSSR count). The van der Waals surface area contributed by atoms with Crippen LogP contribution in [0, 0.1) is 0 Å². The van der Waals surface area contributed by atoms with Crippen LogP contribution < -0.4 is 0 Å². The van der Waals surface area contributed by atoms with Crippen molar-refractivity contribution in [1.82, 2.24) is 0 Å². The molecule has 14 heavy (non-hydrogen) atoms. The second-order valence-corrected chi connectivity index (χ2v) is 10.8. The van der Waals surface area contributed by atoms with E-state index < -0.39 is 8.07 Å². The third-order valence-electron chi connectivity index (χ3n) is 2.20. The first-order chi connectivity index (χ1) is 6.45. The third kappa shape index (κ3) is 10.2. The molecule has 0 radical (unpaired) electrons. The van der Waals surface area contributed by atoms with E-state index in [0.29, 0.717) is 6.61 Å². The van der Waals surface area contributed by atoms with Crippen molar-refractivity contribution in [2.75, 3.05) is 13.2 Å². The third-order valence-corrected chi connectivity index (χ3v) is 3.90. The van der Waals surface area contributed by atoms with E-state index in [9.17, 15) is 5.11 Å². The molecule has 0 amide bonds. The van der Waals surface area contributed by atoms with Crippen LogP contribution in [0.5, 0.6) is 0 Å². The maximum absolute atomic E-state index is 9.50. The Morgan fingerprint density at radius 1 is 1.29 bits per heavy atom. The van der Waals surface area contributed by atoms with E-state index in [1.807, 2.05) is 0 Å². The van der Waals surface area contributed by atoms with Crippen LogP contribution in [0.1, 0.15) is 26.2 Å². The fourth-order valence-electron chi connectivity index (χ4n) is 1.12. The van der Waals surface area contributed by atoms with Crippen molar-refractivity contribution in [3.8, 4) is 0 Å². The maximum Gasteiger partial charge on any atom is 0.0773 e. The van der Waals surface area contributed by atoms with E-state index in [1.165, 1.54) is 6.04 Å². The highest BCUT2D eigenvalue weighted by Gasteiger charge is 2.12. The molecule has 0 fully saturated rings. The Labute approximate surface area is 89.7 Å². The Hall–Kier alpha value is 0.137. The van der Waals surface area contributed by atoms with Crippen molar-refractivity contribution >= 4 is 8.07 Å². The standard InChI is InChI=1S/C11H26O2Si/c1-5-6-7-11(12)10-13-8-9-14(2,3)4/h11-12H,5-10H2,1-4H3/t11-/m0/s1. The minimum Gasteiger partial charge on any atom is -0.391 e. The molecular weight excluding hydrogens is 192 g/mol. The minimum absolute atomic E-state index is 0.253. The number of aliphatic hydroxyl groups is 1. The van der Waals surface area contributed by atoms with Gasteiger partial charge in [0.2, 0.25) is 0 Å². The van der Waals surface area contributed by atoms with Gasteiger partial charge in [-0.15, -0.1) is 0 Å². The summed E-state index contributed by atoms with van der Waals surface area (Å²) in [6, 6.07) is 1.19. The number of unbranched alkanes of at least 4 members (excludes halogenated alkanes) is 1. The molecule has 3 heteroatoms. The Morgan fingerprint density at radius 3 is 2.43 bits per heavy atom.